The lowest BCUT2D eigenvalue weighted by atomic mass is 10.2. The van der Waals surface area contributed by atoms with Crippen LogP contribution >= 0.6 is 0 Å². The van der Waals surface area contributed by atoms with E-state index in [9.17, 15) is 8.78 Å². The van der Waals surface area contributed by atoms with E-state index in [1.165, 1.54) is 24.9 Å². The highest BCUT2D eigenvalue weighted by Gasteiger charge is 2.06. The predicted molar refractivity (Wildman–Crippen MR) is 91.9 cm³/mol. The molecular weight excluding hydrogens is 328 g/mol. The summed E-state index contributed by atoms with van der Waals surface area (Å²) in [6.45, 7) is 3.81. The highest BCUT2D eigenvalue weighted by atomic mass is 19.3. The summed E-state index contributed by atoms with van der Waals surface area (Å²) in [7, 11) is 0. The van der Waals surface area contributed by atoms with E-state index in [-0.39, 0.29) is 5.75 Å². The standard InChI is InChI=1S/C14H13F2N5O.C3H8/c1-9-6-12(21-14(20-9)18-8-19-21)17-7-10-2-4-11(5-3-10)22-13(15)16;1-3-2/h2-6,8,13,17H,7H2,1H3;3H2,1-2H3. The van der Waals surface area contributed by atoms with E-state index in [1.54, 1.807) is 16.6 Å². The van der Waals surface area contributed by atoms with Gasteiger partial charge in [-0.05, 0) is 24.6 Å². The SMILES string of the molecule is CCC.Cc1cc(NCc2ccc(OC(F)F)cc2)n2ncnc2n1. The van der Waals surface area contributed by atoms with Gasteiger partial charge in [-0.1, -0.05) is 32.4 Å². The smallest absolute Gasteiger partial charge is 0.387 e. The summed E-state index contributed by atoms with van der Waals surface area (Å²) in [5.74, 6) is 1.41. The third-order valence-electron chi connectivity index (χ3n) is 3.00. The molecule has 3 aromatic rings. The Morgan fingerprint density at radius 1 is 1.20 bits per heavy atom. The fourth-order valence-electron chi connectivity index (χ4n) is 2.04. The Balaban J connectivity index is 0.000000701. The second-order valence-corrected chi connectivity index (χ2v) is 5.34. The molecule has 25 heavy (non-hydrogen) atoms. The number of fused-ring (bicyclic) bond motifs is 1. The minimum Gasteiger partial charge on any atom is -0.435 e. The quantitative estimate of drug-likeness (QED) is 0.752. The van der Waals surface area contributed by atoms with E-state index < -0.39 is 6.61 Å². The second-order valence-electron chi connectivity index (χ2n) is 5.34. The minimum absolute atomic E-state index is 0.136. The molecule has 0 aliphatic rings. The number of ether oxygens (including phenoxy) is 1. The Labute approximate surface area is 144 Å². The van der Waals surface area contributed by atoms with Gasteiger partial charge in [-0.2, -0.15) is 23.4 Å². The molecule has 2 heterocycles. The number of hydrogen-bond acceptors (Lipinski definition) is 5. The van der Waals surface area contributed by atoms with Crippen LogP contribution in [-0.4, -0.2) is 26.2 Å². The zero-order chi connectivity index (χ0) is 18.2. The number of halogens is 2. The van der Waals surface area contributed by atoms with Crippen molar-refractivity contribution >= 4 is 11.6 Å². The number of alkyl halides is 2. The molecule has 0 aliphatic heterocycles. The Hall–Kier alpha value is -2.77. The first-order chi connectivity index (χ1) is 12.0. The van der Waals surface area contributed by atoms with Gasteiger partial charge in [-0.3, -0.25) is 0 Å². The molecule has 0 atom stereocenters. The maximum atomic E-state index is 12.1. The summed E-state index contributed by atoms with van der Waals surface area (Å²) in [6.07, 6.45) is 2.68. The maximum Gasteiger partial charge on any atom is 0.387 e. The molecular formula is C17H21F2N5O. The third kappa shape index (κ3) is 5.37. The molecule has 1 aromatic carbocycles. The van der Waals surface area contributed by atoms with Crippen LogP contribution in [0.1, 0.15) is 31.5 Å². The summed E-state index contributed by atoms with van der Waals surface area (Å²) in [6, 6.07) is 8.31. The fraction of sp³-hybridized carbons (Fsp3) is 0.353. The highest BCUT2D eigenvalue weighted by Crippen LogP contribution is 2.16. The van der Waals surface area contributed by atoms with Crippen molar-refractivity contribution in [1.82, 2.24) is 19.6 Å². The molecule has 0 fully saturated rings. The molecule has 0 unspecified atom stereocenters. The molecule has 0 radical (unpaired) electrons. The summed E-state index contributed by atoms with van der Waals surface area (Å²) < 4.78 is 30.1. The molecule has 134 valence electrons. The van der Waals surface area contributed by atoms with Gasteiger partial charge in [0.1, 0.15) is 17.9 Å². The number of aromatic nitrogens is 4. The number of nitrogens with zero attached hydrogens (tertiary/aromatic N) is 4. The molecule has 6 nitrogen and oxygen atoms in total. The van der Waals surface area contributed by atoms with Crippen molar-refractivity contribution in [3.8, 4) is 5.75 Å². The van der Waals surface area contributed by atoms with E-state index in [4.69, 9.17) is 0 Å². The van der Waals surface area contributed by atoms with Crippen molar-refractivity contribution in [1.29, 1.82) is 0 Å². The number of nitrogens with one attached hydrogen (secondary N) is 1. The average Bonchev–Trinajstić information content (AvgIpc) is 3.02. The monoisotopic (exact) mass is 349 g/mol. The molecule has 0 bridgehead atoms. The van der Waals surface area contributed by atoms with Crippen LogP contribution in [-0.2, 0) is 6.54 Å². The molecule has 0 aliphatic carbocycles. The van der Waals surface area contributed by atoms with E-state index in [0.717, 1.165) is 17.1 Å². The van der Waals surface area contributed by atoms with Crippen molar-refractivity contribution < 1.29 is 13.5 Å². The van der Waals surface area contributed by atoms with Gasteiger partial charge in [0.15, 0.2) is 0 Å². The fourth-order valence-corrected chi connectivity index (χ4v) is 2.04. The molecule has 3 rings (SSSR count). The molecule has 8 heteroatoms. The van der Waals surface area contributed by atoms with Gasteiger partial charge in [-0.15, -0.1) is 0 Å². The summed E-state index contributed by atoms with van der Waals surface area (Å²) in [5.41, 5.74) is 1.74. The van der Waals surface area contributed by atoms with Crippen LogP contribution in [0, 0.1) is 6.92 Å². The number of rotatable bonds is 5. The van der Waals surface area contributed by atoms with Crippen LogP contribution in [0.25, 0.3) is 5.78 Å². The van der Waals surface area contributed by atoms with Gasteiger partial charge in [0.05, 0.1) is 0 Å². The average molecular weight is 349 g/mol. The first kappa shape index (κ1) is 18.6. The lowest BCUT2D eigenvalue weighted by Gasteiger charge is -2.09. The van der Waals surface area contributed by atoms with Crippen molar-refractivity contribution in [2.75, 3.05) is 5.32 Å². The van der Waals surface area contributed by atoms with Gasteiger partial charge in [0, 0.05) is 18.3 Å². The second kappa shape index (κ2) is 8.91. The molecule has 1 N–H and O–H groups in total. The number of hydrogen-bond donors (Lipinski definition) is 1. The molecule has 2 aromatic heterocycles. The van der Waals surface area contributed by atoms with Gasteiger partial charge >= 0.3 is 6.61 Å². The Morgan fingerprint density at radius 2 is 1.88 bits per heavy atom. The van der Waals surface area contributed by atoms with Crippen LogP contribution in [0.15, 0.2) is 36.7 Å². The Bertz CT molecular complexity index is 789. The zero-order valence-electron chi connectivity index (χ0n) is 14.4. The van der Waals surface area contributed by atoms with Crippen molar-refractivity contribution in [2.24, 2.45) is 0 Å². The normalized spacial score (nSPS) is 10.5. The van der Waals surface area contributed by atoms with Crippen molar-refractivity contribution in [3.05, 3.63) is 47.9 Å². The van der Waals surface area contributed by atoms with Crippen molar-refractivity contribution in [3.63, 3.8) is 0 Å². The maximum absolute atomic E-state index is 12.1. The molecule has 0 saturated heterocycles. The number of benzene rings is 1. The van der Waals surface area contributed by atoms with Gasteiger partial charge in [0.2, 0.25) is 0 Å². The van der Waals surface area contributed by atoms with Crippen LogP contribution in [0.4, 0.5) is 14.6 Å². The summed E-state index contributed by atoms with van der Waals surface area (Å²) >= 11 is 0. The zero-order valence-corrected chi connectivity index (χ0v) is 14.4. The van der Waals surface area contributed by atoms with E-state index in [0.29, 0.717) is 12.3 Å². The predicted octanol–water partition coefficient (Wildman–Crippen LogP) is 4.06. The number of aryl methyl sites for hydroxylation is 1. The summed E-state index contributed by atoms with van der Waals surface area (Å²) in [5, 5.41) is 7.32. The third-order valence-corrected chi connectivity index (χ3v) is 3.00. The van der Waals surface area contributed by atoms with Crippen LogP contribution in [0.5, 0.6) is 5.75 Å². The van der Waals surface area contributed by atoms with E-state index >= 15 is 0 Å². The first-order valence-electron chi connectivity index (χ1n) is 7.98. The van der Waals surface area contributed by atoms with Crippen LogP contribution in [0.2, 0.25) is 0 Å². The molecule has 0 spiro atoms. The van der Waals surface area contributed by atoms with Crippen LogP contribution < -0.4 is 10.1 Å². The van der Waals surface area contributed by atoms with E-state index in [1.807, 2.05) is 13.0 Å². The lowest BCUT2D eigenvalue weighted by Crippen LogP contribution is -2.07. The molecule has 0 amide bonds. The molecule has 0 saturated carbocycles. The van der Waals surface area contributed by atoms with Crippen molar-refractivity contribution in [2.45, 2.75) is 40.3 Å². The van der Waals surface area contributed by atoms with Gasteiger partial charge in [0.25, 0.3) is 5.78 Å². The first-order valence-corrected chi connectivity index (χ1v) is 7.98. The largest absolute Gasteiger partial charge is 0.435 e. The topological polar surface area (TPSA) is 64.3 Å². The lowest BCUT2D eigenvalue weighted by molar-refractivity contribution is -0.0498. The minimum atomic E-state index is -2.82. The van der Waals surface area contributed by atoms with Crippen LogP contribution in [0.3, 0.4) is 0 Å². The highest BCUT2D eigenvalue weighted by molar-refractivity contribution is 5.45. The Kier molecular flexibility index (Phi) is 6.62. The Morgan fingerprint density at radius 3 is 2.52 bits per heavy atom. The van der Waals surface area contributed by atoms with Gasteiger partial charge in [-0.25, -0.2) is 4.98 Å². The number of anilines is 1. The van der Waals surface area contributed by atoms with E-state index in [2.05, 4.69) is 39.0 Å². The van der Waals surface area contributed by atoms with Gasteiger partial charge < -0.3 is 10.1 Å². The summed E-state index contributed by atoms with van der Waals surface area (Å²) in [4.78, 5) is 8.30.